The van der Waals surface area contributed by atoms with Crippen LogP contribution in [0.1, 0.15) is 29.9 Å². The predicted octanol–water partition coefficient (Wildman–Crippen LogP) is 6.42. The van der Waals surface area contributed by atoms with E-state index in [-0.39, 0.29) is 30.0 Å². The molecule has 1 N–H and O–H groups in total. The smallest absolute Gasteiger partial charge is 0.254 e. The molecule has 0 bridgehead atoms. The number of likely N-dealkylation sites (tertiary alicyclic amines) is 1. The largest absolute Gasteiger partial charge is 0.507 e. The lowest BCUT2D eigenvalue weighted by Gasteiger charge is -2.50. The highest BCUT2D eigenvalue weighted by Gasteiger charge is 2.76. The van der Waals surface area contributed by atoms with E-state index in [1.165, 1.54) is 4.90 Å². The van der Waals surface area contributed by atoms with Crippen molar-refractivity contribution in [1.82, 2.24) is 9.88 Å². The summed E-state index contributed by atoms with van der Waals surface area (Å²) in [7, 11) is 0. The molecule has 6 atom stereocenters. The van der Waals surface area contributed by atoms with E-state index in [1.54, 1.807) is 49.4 Å². The number of phenolic OH excluding ortho intramolecular Hbond substituents is 1. The number of aromatic nitrogens is 1. The first kappa shape index (κ1) is 30.4. The van der Waals surface area contributed by atoms with Gasteiger partial charge < -0.3 is 9.52 Å². The van der Waals surface area contributed by atoms with Crippen molar-refractivity contribution in [2.45, 2.75) is 35.4 Å². The number of carbonyl (C=O) groups excluding carboxylic acids is 4. The molecule has 3 fully saturated rings. The molecule has 2 aliphatic heterocycles. The lowest BCUT2D eigenvalue weighted by atomic mass is 9.56. The monoisotopic (exact) mass is 733 g/mol. The van der Waals surface area contributed by atoms with E-state index in [9.17, 15) is 24.3 Å². The molecule has 9 nitrogen and oxygen atoms in total. The molecule has 2 saturated heterocycles. The minimum Gasteiger partial charge on any atom is -0.507 e. The highest BCUT2D eigenvalue weighted by atomic mass is 79.9. The van der Waals surface area contributed by atoms with E-state index in [4.69, 9.17) is 27.6 Å². The van der Waals surface area contributed by atoms with Gasteiger partial charge in [0.25, 0.3) is 11.8 Å². The van der Waals surface area contributed by atoms with E-state index in [1.807, 2.05) is 30.3 Å². The standard InChI is InChI=1S/C35H26BrCl2N3O6/c1-17-5-4-6-22(28(17)42)27-20-13-14-21-26(23(20)15-34(37)32(45)40(16-36)33(46)35(27,34)38)31(44)41(30(21)43)19-11-9-18(10-12-19)29-39-24-7-2-3-8-25(24)47-29/h2-13,21,23,26-27,42H,14-16H2,1H3/t21-,23+,26-,27+,34+,35-/m0/s1. The van der Waals surface area contributed by atoms with Crippen molar-refractivity contribution in [3.05, 3.63) is 89.5 Å². The zero-order chi connectivity index (χ0) is 33.0. The SMILES string of the molecule is Cc1cccc([C@H]2C3=CC[C@@H]4C(=O)N(c5ccc(-c6nc7ccccc7o6)cc5)C(=O)[C@@H]4[C@@H]3C[C@@]3(Cl)C(=O)N(CBr)C(=O)[C@@]23Cl)c1O. The maximum absolute atomic E-state index is 14.3. The summed E-state index contributed by atoms with van der Waals surface area (Å²) in [5, 5.41) is 11.3. The molecule has 4 amide bonds. The van der Waals surface area contributed by atoms with E-state index in [2.05, 4.69) is 20.9 Å². The Balaban J connectivity index is 1.19. The topological polar surface area (TPSA) is 121 Å². The van der Waals surface area contributed by atoms with Crippen molar-refractivity contribution in [2.24, 2.45) is 17.8 Å². The van der Waals surface area contributed by atoms with Crippen LogP contribution < -0.4 is 4.90 Å². The Morgan fingerprint density at radius 2 is 1.70 bits per heavy atom. The molecular weight excluding hydrogens is 709 g/mol. The third-order valence-corrected chi connectivity index (χ3v) is 12.2. The number of hydrogen-bond acceptors (Lipinski definition) is 7. The van der Waals surface area contributed by atoms with Gasteiger partial charge >= 0.3 is 0 Å². The average molecular weight is 735 g/mol. The van der Waals surface area contributed by atoms with Gasteiger partial charge in [-0.3, -0.25) is 29.0 Å². The average Bonchev–Trinajstić information content (AvgIpc) is 3.66. The number of anilines is 1. The number of imide groups is 2. The van der Waals surface area contributed by atoms with Crippen molar-refractivity contribution in [2.75, 3.05) is 10.4 Å². The molecule has 0 radical (unpaired) electrons. The Hall–Kier alpha value is -3.99. The maximum Gasteiger partial charge on any atom is 0.254 e. The molecule has 1 saturated carbocycles. The minimum absolute atomic E-state index is 0.0766. The summed E-state index contributed by atoms with van der Waals surface area (Å²) in [6, 6.07) is 19.4. The van der Waals surface area contributed by atoms with Gasteiger partial charge in [-0.2, -0.15) is 0 Å². The second-order valence-corrected chi connectivity index (χ2v) is 14.3. The number of nitrogens with zero attached hydrogens (tertiary/aromatic N) is 3. The van der Waals surface area contributed by atoms with Crippen LogP contribution in [0.2, 0.25) is 0 Å². The normalized spacial score (nSPS) is 30.1. The summed E-state index contributed by atoms with van der Waals surface area (Å²) in [4.78, 5) is 58.8. The van der Waals surface area contributed by atoms with Crippen LogP contribution in [0.3, 0.4) is 0 Å². The van der Waals surface area contributed by atoms with Gasteiger partial charge in [-0.25, -0.2) is 4.98 Å². The van der Waals surface area contributed by atoms with E-state index >= 15 is 0 Å². The zero-order valence-electron chi connectivity index (χ0n) is 24.8. The number of aryl methyl sites for hydroxylation is 1. The molecule has 8 rings (SSSR count). The van der Waals surface area contributed by atoms with Crippen LogP contribution in [0.25, 0.3) is 22.6 Å². The first-order valence-electron chi connectivity index (χ1n) is 15.1. The summed E-state index contributed by atoms with van der Waals surface area (Å²) < 4.78 is 5.88. The number of fused-ring (bicyclic) bond motifs is 5. The van der Waals surface area contributed by atoms with Crippen molar-refractivity contribution in [3.63, 3.8) is 0 Å². The number of allylic oxidation sites excluding steroid dienone is 2. The molecule has 238 valence electrons. The van der Waals surface area contributed by atoms with E-state index in [0.29, 0.717) is 44.9 Å². The van der Waals surface area contributed by atoms with Crippen LogP contribution >= 0.6 is 39.1 Å². The van der Waals surface area contributed by atoms with Crippen molar-refractivity contribution >= 4 is 79.5 Å². The summed E-state index contributed by atoms with van der Waals surface area (Å²) in [6.07, 6.45) is 1.93. The number of amides is 4. The van der Waals surface area contributed by atoms with Gasteiger partial charge in [0.1, 0.15) is 11.3 Å². The van der Waals surface area contributed by atoms with E-state index in [0.717, 1.165) is 4.90 Å². The molecule has 4 aliphatic rings. The Morgan fingerprint density at radius 1 is 0.957 bits per heavy atom. The number of carbonyl (C=O) groups is 4. The van der Waals surface area contributed by atoms with Crippen molar-refractivity contribution in [3.8, 4) is 17.2 Å². The number of rotatable bonds is 4. The fourth-order valence-electron chi connectivity index (χ4n) is 8.02. The molecule has 0 unspecified atom stereocenters. The maximum atomic E-state index is 14.3. The second-order valence-electron chi connectivity index (χ2n) is 12.5. The highest BCUT2D eigenvalue weighted by Crippen LogP contribution is 2.66. The van der Waals surface area contributed by atoms with Crippen LogP contribution in [0.5, 0.6) is 5.75 Å². The Bertz CT molecular complexity index is 2050. The summed E-state index contributed by atoms with van der Waals surface area (Å²) in [6.45, 7) is 1.72. The second kappa shape index (κ2) is 10.5. The van der Waals surface area contributed by atoms with Gasteiger partial charge in [0.15, 0.2) is 15.3 Å². The van der Waals surface area contributed by atoms with Gasteiger partial charge in [0.2, 0.25) is 17.7 Å². The summed E-state index contributed by atoms with van der Waals surface area (Å²) in [5.41, 5.74) is 3.81. The van der Waals surface area contributed by atoms with Crippen LogP contribution in [0.15, 0.2) is 82.8 Å². The Morgan fingerprint density at radius 3 is 2.43 bits per heavy atom. The first-order valence-corrected chi connectivity index (χ1v) is 17.0. The van der Waals surface area contributed by atoms with Crippen LogP contribution in [0, 0.1) is 24.7 Å². The molecule has 2 aliphatic carbocycles. The zero-order valence-corrected chi connectivity index (χ0v) is 27.9. The molecule has 4 aromatic rings. The fourth-order valence-corrected chi connectivity index (χ4v) is 9.43. The van der Waals surface area contributed by atoms with Crippen LogP contribution in [-0.4, -0.2) is 53.8 Å². The summed E-state index contributed by atoms with van der Waals surface area (Å²) >= 11 is 17.8. The van der Waals surface area contributed by atoms with Gasteiger partial charge in [0.05, 0.1) is 23.0 Å². The predicted molar refractivity (Wildman–Crippen MR) is 178 cm³/mol. The Kier molecular flexibility index (Phi) is 6.78. The molecule has 1 aromatic heterocycles. The number of oxazole rings is 1. The minimum atomic E-state index is -1.98. The van der Waals surface area contributed by atoms with Gasteiger partial charge in [-0.1, -0.05) is 57.9 Å². The summed E-state index contributed by atoms with van der Waals surface area (Å²) in [5.74, 6) is -5.10. The lowest BCUT2D eigenvalue weighted by Crippen LogP contribution is -2.60. The van der Waals surface area contributed by atoms with Gasteiger partial charge in [-0.05, 0) is 67.6 Å². The molecule has 3 aromatic carbocycles. The number of alkyl halides is 3. The molecule has 0 spiro atoms. The van der Waals surface area contributed by atoms with Gasteiger partial charge in [0, 0.05) is 17.0 Å². The number of phenols is 1. The first-order chi connectivity index (χ1) is 22.5. The number of benzene rings is 3. The van der Waals surface area contributed by atoms with E-state index < -0.39 is 51.1 Å². The Labute approximate surface area is 287 Å². The number of hydrogen-bond donors (Lipinski definition) is 1. The fraction of sp³-hybridized carbons (Fsp3) is 0.286. The molecule has 47 heavy (non-hydrogen) atoms. The van der Waals surface area contributed by atoms with Gasteiger partial charge in [-0.15, -0.1) is 23.2 Å². The number of aromatic hydroxyl groups is 1. The molecular formula is C35H26BrCl2N3O6. The number of halogens is 3. The van der Waals surface area contributed by atoms with Crippen molar-refractivity contribution < 1.29 is 28.7 Å². The lowest BCUT2D eigenvalue weighted by molar-refractivity contribution is -0.138. The van der Waals surface area contributed by atoms with Crippen LogP contribution in [-0.2, 0) is 19.2 Å². The number of para-hydroxylation sites is 3. The highest BCUT2D eigenvalue weighted by molar-refractivity contribution is 9.09. The molecule has 3 heterocycles. The molecule has 12 heteroatoms. The van der Waals surface area contributed by atoms with Crippen molar-refractivity contribution in [1.29, 1.82) is 0 Å². The van der Waals surface area contributed by atoms with Crippen LogP contribution in [0.4, 0.5) is 5.69 Å². The third-order valence-electron chi connectivity index (χ3n) is 10.3. The third kappa shape index (κ3) is 3.98. The quantitative estimate of drug-likeness (QED) is 0.111.